The number of hydrogen-bond donors (Lipinski definition) is 1. The van der Waals surface area contributed by atoms with Crippen LogP contribution >= 0.6 is 11.3 Å². The summed E-state index contributed by atoms with van der Waals surface area (Å²) in [6, 6.07) is 7.27. The van der Waals surface area contributed by atoms with E-state index in [2.05, 4.69) is 14.9 Å². The molecule has 0 spiro atoms. The highest BCUT2D eigenvalue weighted by molar-refractivity contribution is 7.93. The van der Waals surface area contributed by atoms with Gasteiger partial charge in [-0.25, -0.2) is 8.42 Å². The lowest BCUT2D eigenvalue weighted by molar-refractivity contribution is 0.443. The number of sulfonamides is 1. The van der Waals surface area contributed by atoms with Crippen molar-refractivity contribution in [2.75, 3.05) is 4.72 Å². The van der Waals surface area contributed by atoms with E-state index in [1.807, 2.05) is 19.1 Å². The van der Waals surface area contributed by atoms with Gasteiger partial charge in [-0.05, 0) is 42.9 Å². The minimum atomic E-state index is -3.60. The van der Waals surface area contributed by atoms with Gasteiger partial charge in [0.05, 0.1) is 4.90 Å². The van der Waals surface area contributed by atoms with Gasteiger partial charge in [0.15, 0.2) is 0 Å². The van der Waals surface area contributed by atoms with Crippen molar-refractivity contribution in [1.29, 1.82) is 0 Å². The largest absolute Gasteiger partial charge is 0.263 e. The maximum Gasteiger partial charge on any atom is 0.263 e. The van der Waals surface area contributed by atoms with E-state index in [4.69, 9.17) is 0 Å². The highest BCUT2D eigenvalue weighted by Gasteiger charge is 2.19. The van der Waals surface area contributed by atoms with Gasteiger partial charge in [0.2, 0.25) is 5.13 Å². The molecule has 0 radical (unpaired) electrons. The van der Waals surface area contributed by atoms with Crippen molar-refractivity contribution in [2.24, 2.45) is 0 Å². The van der Waals surface area contributed by atoms with Gasteiger partial charge in [-0.3, -0.25) is 4.72 Å². The van der Waals surface area contributed by atoms with E-state index in [9.17, 15) is 8.42 Å². The molecule has 23 heavy (non-hydrogen) atoms. The Kier molecular flexibility index (Phi) is 4.96. The minimum absolute atomic E-state index is 0.269. The molecule has 1 saturated carbocycles. The topological polar surface area (TPSA) is 72.0 Å². The molecule has 7 heteroatoms. The predicted molar refractivity (Wildman–Crippen MR) is 92.4 cm³/mol. The molecule has 1 N–H and O–H groups in total. The van der Waals surface area contributed by atoms with Crippen molar-refractivity contribution < 1.29 is 8.42 Å². The van der Waals surface area contributed by atoms with Crippen LogP contribution in [0.15, 0.2) is 29.2 Å². The second-order valence-corrected chi connectivity index (χ2v) is 8.61. The molecule has 2 aromatic rings. The molecule has 1 aromatic heterocycles. The average Bonchev–Trinajstić information content (AvgIpc) is 3.03. The molecule has 3 rings (SSSR count). The highest BCUT2D eigenvalue weighted by atomic mass is 32.2. The van der Waals surface area contributed by atoms with E-state index in [0.29, 0.717) is 11.0 Å². The lowest BCUT2D eigenvalue weighted by Gasteiger charge is -2.22. The van der Waals surface area contributed by atoms with E-state index in [1.165, 1.54) is 49.0 Å². The van der Waals surface area contributed by atoms with Crippen molar-refractivity contribution >= 4 is 26.5 Å². The zero-order valence-corrected chi connectivity index (χ0v) is 14.8. The van der Waals surface area contributed by atoms with Crippen LogP contribution in [-0.4, -0.2) is 18.6 Å². The number of aryl methyl sites for hydroxylation is 1. The van der Waals surface area contributed by atoms with Crippen LogP contribution in [0, 0.1) is 0 Å². The Labute approximate surface area is 141 Å². The van der Waals surface area contributed by atoms with Gasteiger partial charge in [-0.1, -0.05) is 49.7 Å². The first-order valence-corrected chi connectivity index (χ1v) is 10.3. The van der Waals surface area contributed by atoms with E-state index < -0.39 is 10.0 Å². The molecular formula is C16H21N3O2S2. The fourth-order valence-corrected chi connectivity index (χ4v) is 4.88. The Balaban J connectivity index is 1.74. The van der Waals surface area contributed by atoms with Crippen LogP contribution < -0.4 is 4.72 Å². The number of anilines is 1. The molecule has 0 unspecified atom stereocenters. The van der Waals surface area contributed by atoms with Gasteiger partial charge < -0.3 is 0 Å². The summed E-state index contributed by atoms with van der Waals surface area (Å²) in [6.45, 7) is 1.96. The number of hydrogen-bond acceptors (Lipinski definition) is 5. The zero-order valence-electron chi connectivity index (χ0n) is 13.2. The lowest BCUT2D eigenvalue weighted by Crippen LogP contribution is -2.13. The SMILES string of the molecule is CCc1nnc(NS(=O)(=O)c2ccc(C3CCCCC3)cc2)s1. The molecule has 1 aromatic carbocycles. The second kappa shape index (κ2) is 6.97. The maximum absolute atomic E-state index is 12.4. The summed E-state index contributed by atoms with van der Waals surface area (Å²) in [4.78, 5) is 0.269. The molecule has 5 nitrogen and oxygen atoms in total. The smallest absolute Gasteiger partial charge is 0.253 e. The predicted octanol–water partition coefficient (Wildman–Crippen LogP) is 3.95. The number of nitrogens with zero attached hydrogens (tertiary/aromatic N) is 2. The molecule has 1 heterocycles. The fraction of sp³-hybridized carbons (Fsp3) is 0.500. The van der Waals surface area contributed by atoms with Gasteiger partial charge in [-0.15, -0.1) is 10.2 Å². The Morgan fingerprint density at radius 1 is 1.13 bits per heavy atom. The first-order chi connectivity index (χ1) is 11.1. The van der Waals surface area contributed by atoms with Gasteiger partial charge in [0.25, 0.3) is 10.0 Å². The molecule has 1 aliphatic carbocycles. The normalized spacial score (nSPS) is 16.4. The second-order valence-electron chi connectivity index (χ2n) is 5.86. The van der Waals surface area contributed by atoms with Crippen molar-refractivity contribution in [3.05, 3.63) is 34.8 Å². The Bertz CT molecular complexity index is 748. The van der Waals surface area contributed by atoms with Crippen LogP contribution in [0.5, 0.6) is 0 Å². The number of rotatable bonds is 5. The molecule has 124 valence electrons. The molecule has 1 fully saturated rings. The third kappa shape index (κ3) is 3.90. The van der Waals surface area contributed by atoms with Crippen molar-refractivity contribution in [2.45, 2.75) is 56.3 Å². The zero-order chi connectivity index (χ0) is 16.3. The number of aromatic nitrogens is 2. The summed E-state index contributed by atoms with van der Waals surface area (Å²) >= 11 is 1.27. The summed E-state index contributed by atoms with van der Waals surface area (Å²) < 4.78 is 27.3. The summed E-state index contributed by atoms with van der Waals surface area (Å²) in [6.07, 6.45) is 7.00. The van der Waals surface area contributed by atoms with Crippen LogP contribution in [0.1, 0.15) is 55.5 Å². The number of nitrogens with one attached hydrogen (secondary N) is 1. The van der Waals surface area contributed by atoms with E-state index in [0.717, 1.165) is 11.4 Å². The molecule has 0 atom stereocenters. The fourth-order valence-electron chi connectivity index (χ4n) is 2.97. The lowest BCUT2D eigenvalue weighted by atomic mass is 9.84. The van der Waals surface area contributed by atoms with Gasteiger partial charge >= 0.3 is 0 Å². The Morgan fingerprint density at radius 3 is 2.43 bits per heavy atom. The maximum atomic E-state index is 12.4. The first-order valence-electron chi connectivity index (χ1n) is 8.03. The Morgan fingerprint density at radius 2 is 1.83 bits per heavy atom. The third-order valence-corrected chi connectivity index (χ3v) is 6.73. The average molecular weight is 351 g/mol. The molecule has 1 aliphatic rings. The van der Waals surface area contributed by atoms with Crippen molar-refractivity contribution in [3.63, 3.8) is 0 Å². The van der Waals surface area contributed by atoms with Crippen LogP contribution in [0.2, 0.25) is 0 Å². The van der Waals surface area contributed by atoms with E-state index in [-0.39, 0.29) is 4.90 Å². The summed E-state index contributed by atoms with van der Waals surface area (Å²) in [7, 11) is -3.60. The van der Waals surface area contributed by atoms with Gasteiger partial charge in [-0.2, -0.15) is 0 Å². The molecule has 0 amide bonds. The first kappa shape index (κ1) is 16.4. The highest BCUT2D eigenvalue weighted by Crippen LogP contribution is 2.33. The monoisotopic (exact) mass is 351 g/mol. The van der Waals surface area contributed by atoms with Crippen molar-refractivity contribution in [1.82, 2.24) is 10.2 Å². The van der Waals surface area contributed by atoms with Crippen LogP contribution in [-0.2, 0) is 16.4 Å². The number of benzene rings is 1. The van der Waals surface area contributed by atoms with Crippen molar-refractivity contribution in [3.8, 4) is 0 Å². The quantitative estimate of drug-likeness (QED) is 0.885. The standard InChI is InChI=1S/C16H21N3O2S2/c1-2-15-17-18-16(22-15)19-23(20,21)14-10-8-13(9-11-14)12-6-4-3-5-7-12/h8-12H,2-7H2,1H3,(H,18,19). The van der Waals surface area contributed by atoms with Crippen LogP contribution in [0.25, 0.3) is 0 Å². The summed E-state index contributed by atoms with van der Waals surface area (Å²) in [5.41, 5.74) is 1.24. The summed E-state index contributed by atoms with van der Waals surface area (Å²) in [5, 5.41) is 8.93. The van der Waals surface area contributed by atoms with Crippen LogP contribution in [0.3, 0.4) is 0 Å². The molecule has 0 saturated heterocycles. The Hall–Kier alpha value is -1.47. The van der Waals surface area contributed by atoms with E-state index >= 15 is 0 Å². The molecule has 0 bridgehead atoms. The van der Waals surface area contributed by atoms with Crippen LogP contribution in [0.4, 0.5) is 5.13 Å². The summed E-state index contributed by atoms with van der Waals surface area (Å²) in [5.74, 6) is 0.573. The molecular weight excluding hydrogens is 330 g/mol. The van der Waals surface area contributed by atoms with Gasteiger partial charge in [0, 0.05) is 0 Å². The minimum Gasteiger partial charge on any atom is -0.253 e. The van der Waals surface area contributed by atoms with Gasteiger partial charge in [0.1, 0.15) is 5.01 Å². The van der Waals surface area contributed by atoms with E-state index in [1.54, 1.807) is 12.1 Å². The third-order valence-electron chi connectivity index (χ3n) is 4.26. The molecule has 0 aliphatic heterocycles.